The summed E-state index contributed by atoms with van der Waals surface area (Å²) in [5, 5.41) is 8.62. The summed E-state index contributed by atoms with van der Waals surface area (Å²) in [6.07, 6.45) is 3.22. The van der Waals surface area contributed by atoms with Crippen LogP contribution >= 0.6 is 0 Å². The average molecular weight is 436 g/mol. The average Bonchev–Trinajstić information content (AvgIpc) is 3.39. The molecule has 2 saturated heterocycles. The largest absolute Gasteiger partial charge is 0.463 e. The van der Waals surface area contributed by atoms with Crippen molar-refractivity contribution in [3.05, 3.63) is 60.6 Å². The first-order chi connectivity index (χ1) is 15.7. The van der Waals surface area contributed by atoms with Gasteiger partial charge in [0.1, 0.15) is 11.5 Å². The van der Waals surface area contributed by atoms with Crippen LogP contribution in [0, 0.1) is 11.7 Å². The van der Waals surface area contributed by atoms with Crippen LogP contribution in [0.25, 0.3) is 11.5 Å². The molecule has 5 rings (SSSR count). The fourth-order valence-corrected chi connectivity index (χ4v) is 4.54. The normalized spacial score (nSPS) is 17.6. The number of carbonyl (C=O) groups is 1. The maximum Gasteiger partial charge on any atom is 0.225 e. The second kappa shape index (κ2) is 8.98. The topological polar surface area (TPSA) is 65.7 Å². The fraction of sp³-hybridized carbons (Fsp3) is 0.375. The third kappa shape index (κ3) is 4.17. The van der Waals surface area contributed by atoms with Crippen LogP contribution in [0.1, 0.15) is 12.8 Å². The van der Waals surface area contributed by atoms with Gasteiger partial charge in [0.05, 0.1) is 12.0 Å². The Morgan fingerprint density at radius 3 is 2.31 bits per heavy atom. The highest BCUT2D eigenvalue weighted by Gasteiger charge is 2.31. The van der Waals surface area contributed by atoms with Crippen molar-refractivity contribution < 1.29 is 13.6 Å². The molecular weight excluding hydrogens is 409 g/mol. The van der Waals surface area contributed by atoms with E-state index < -0.39 is 0 Å². The van der Waals surface area contributed by atoms with Gasteiger partial charge in [0.25, 0.3) is 0 Å². The summed E-state index contributed by atoms with van der Waals surface area (Å²) >= 11 is 0. The van der Waals surface area contributed by atoms with E-state index in [4.69, 9.17) is 4.42 Å². The number of piperidine rings is 1. The molecule has 0 N–H and O–H groups in total. The number of nitrogens with zero attached hydrogens (tertiary/aromatic N) is 5. The zero-order chi connectivity index (χ0) is 21.9. The first-order valence-corrected chi connectivity index (χ1v) is 11.1. The Morgan fingerprint density at radius 2 is 1.66 bits per heavy atom. The van der Waals surface area contributed by atoms with Crippen LogP contribution in [-0.4, -0.2) is 60.3 Å². The van der Waals surface area contributed by atoms with Crippen LogP contribution < -0.4 is 9.80 Å². The number of hydrogen-bond acceptors (Lipinski definition) is 6. The molecule has 166 valence electrons. The lowest BCUT2D eigenvalue weighted by Gasteiger charge is -2.39. The molecule has 8 heteroatoms. The van der Waals surface area contributed by atoms with Crippen molar-refractivity contribution >= 4 is 17.4 Å². The zero-order valence-corrected chi connectivity index (χ0v) is 17.9. The minimum Gasteiger partial charge on any atom is -0.463 e. The SMILES string of the molecule is O=C(C1CCN(c2ccc(-c3ccco3)nn2)CC1)N1CCN(c2ccccc2F)CC1. The molecule has 0 bridgehead atoms. The van der Waals surface area contributed by atoms with Crippen LogP contribution in [0.2, 0.25) is 0 Å². The fourth-order valence-electron chi connectivity index (χ4n) is 4.54. The number of hydrogen-bond donors (Lipinski definition) is 0. The molecule has 2 aliphatic rings. The van der Waals surface area contributed by atoms with Crippen LogP contribution in [0.3, 0.4) is 0 Å². The minimum absolute atomic E-state index is 0.0293. The minimum atomic E-state index is -0.208. The molecule has 0 saturated carbocycles. The van der Waals surface area contributed by atoms with Crippen LogP contribution in [-0.2, 0) is 4.79 Å². The van der Waals surface area contributed by atoms with E-state index in [-0.39, 0.29) is 17.6 Å². The van der Waals surface area contributed by atoms with Gasteiger partial charge in [-0.3, -0.25) is 4.79 Å². The second-order valence-corrected chi connectivity index (χ2v) is 8.28. The number of piperazine rings is 1. The number of aromatic nitrogens is 2. The highest BCUT2D eigenvalue weighted by Crippen LogP contribution is 2.26. The third-order valence-corrected chi connectivity index (χ3v) is 6.38. The van der Waals surface area contributed by atoms with Gasteiger partial charge < -0.3 is 19.1 Å². The monoisotopic (exact) mass is 435 g/mol. The smallest absolute Gasteiger partial charge is 0.225 e. The number of amides is 1. The summed E-state index contributed by atoms with van der Waals surface area (Å²) in [6, 6.07) is 14.4. The van der Waals surface area contributed by atoms with Gasteiger partial charge in [-0.05, 0) is 49.2 Å². The molecule has 0 aliphatic carbocycles. The van der Waals surface area contributed by atoms with Gasteiger partial charge >= 0.3 is 0 Å². The zero-order valence-electron chi connectivity index (χ0n) is 17.9. The summed E-state index contributed by atoms with van der Waals surface area (Å²) in [6.45, 7) is 4.13. The predicted molar refractivity (Wildman–Crippen MR) is 120 cm³/mol. The number of para-hydroxylation sites is 1. The number of halogens is 1. The first kappa shape index (κ1) is 20.5. The third-order valence-electron chi connectivity index (χ3n) is 6.38. The molecule has 0 radical (unpaired) electrons. The lowest BCUT2D eigenvalue weighted by atomic mass is 9.95. The molecule has 0 unspecified atom stereocenters. The number of anilines is 2. The molecule has 2 aliphatic heterocycles. The van der Waals surface area contributed by atoms with Gasteiger partial charge in [-0.1, -0.05) is 12.1 Å². The molecule has 32 heavy (non-hydrogen) atoms. The van der Waals surface area contributed by atoms with Crippen LogP contribution in [0.5, 0.6) is 0 Å². The van der Waals surface area contributed by atoms with E-state index in [1.807, 2.05) is 40.1 Å². The van der Waals surface area contributed by atoms with E-state index in [9.17, 15) is 9.18 Å². The standard InChI is InChI=1S/C24H26FN5O2/c25-19-4-1-2-5-21(19)28-13-15-30(16-14-28)24(31)18-9-11-29(12-10-18)23-8-7-20(26-27-23)22-6-3-17-32-22/h1-8,17-18H,9-16H2. The lowest BCUT2D eigenvalue weighted by molar-refractivity contribution is -0.136. The molecule has 4 heterocycles. The summed E-state index contributed by atoms with van der Waals surface area (Å²) in [4.78, 5) is 19.2. The van der Waals surface area contributed by atoms with Gasteiger partial charge in [0.2, 0.25) is 5.91 Å². The van der Waals surface area contributed by atoms with Gasteiger partial charge in [-0.25, -0.2) is 4.39 Å². The molecule has 1 amide bonds. The van der Waals surface area contributed by atoms with Crippen molar-refractivity contribution in [3.63, 3.8) is 0 Å². The van der Waals surface area contributed by atoms with Crippen molar-refractivity contribution in [3.8, 4) is 11.5 Å². The molecule has 0 atom stereocenters. The summed E-state index contributed by atoms with van der Waals surface area (Å²) in [5.41, 5.74) is 1.32. The quantitative estimate of drug-likeness (QED) is 0.626. The van der Waals surface area contributed by atoms with E-state index >= 15 is 0 Å². The van der Waals surface area contributed by atoms with Gasteiger partial charge in [-0.2, -0.15) is 0 Å². The Hall–Kier alpha value is -3.42. The van der Waals surface area contributed by atoms with E-state index in [1.54, 1.807) is 18.4 Å². The van der Waals surface area contributed by atoms with Crippen molar-refractivity contribution in [1.29, 1.82) is 0 Å². The maximum atomic E-state index is 14.0. The predicted octanol–water partition coefficient (Wildman–Crippen LogP) is 3.44. The van der Waals surface area contributed by atoms with E-state index in [0.717, 1.165) is 31.7 Å². The van der Waals surface area contributed by atoms with Crippen molar-refractivity contribution in [1.82, 2.24) is 15.1 Å². The number of benzene rings is 1. The van der Waals surface area contributed by atoms with E-state index in [1.165, 1.54) is 6.07 Å². The van der Waals surface area contributed by atoms with Gasteiger partial charge in [0.15, 0.2) is 11.6 Å². The number of rotatable bonds is 4. The number of carbonyl (C=O) groups excluding carboxylic acids is 1. The molecule has 7 nitrogen and oxygen atoms in total. The molecule has 2 aromatic heterocycles. The molecule has 2 fully saturated rings. The van der Waals surface area contributed by atoms with Crippen molar-refractivity contribution in [2.24, 2.45) is 5.92 Å². The van der Waals surface area contributed by atoms with Gasteiger partial charge in [0, 0.05) is 45.2 Å². The van der Waals surface area contributed by atoms with E-state index in [0.29, 0.717) is 43.3 Å². The van der Waals surface area contributed by atoms with Crippen molar-refractivity contribution in [2.45, 2.75) is 12.8 Å². The number of furan rings is 1. The van der Waals surface area contributed by atoms with Crippen LogP contribution in [0.15, 0.2) is 59.2 Å². The molecular formula is C24H26FN5O2. The maximum absolute atomic E-state index is 14.0. The second-order valence-electron chi connectivity index (χ2n) is 8.28. The first-order valence-electron chi connectivity index (χ1n) is 11.1. The van der Waals surface area contributed by atoms with Crippen LogP contribution in [0.4, 0.5) is 15.9 Å². The summed E-state index contributed by atoms with van der Waals surface area (Å²) in [5.74, 6) is 1.56. The Bertz CT molecular complexity index is 1040. The lowest BCUT2D eigenvalue weighted by Crippen LogP contribution is -2.52. The summed E-state index contributed by atoms with van der Waals surface area (Å²) < 4.78 is 19.4. The molecule has 1 aromatic carbocycles. The Morgan fingerprint density at radius 1 is 0.875 bits per heavy atom. The highest BCUT2D eigenvalue weighted by atomic mass is 19.1. The highest BCUT2D eigenvalue weighted by molar-refractivity contribution is 5.79. The molecule has 0 spiro atoms. The molecule has 3 aromatic rings. The Labute approximate surface area is 186 Å². The Balaban J connectivity index is 1.13. The van der Waals surface area contributed by atoms with Gasteiger partial charge in [-0.15, -0.1) is 10.2 Å². The van der Waals surface area contributed by atoms with Crippen molar-refractivity contribution in [2.75, 3.05) is 49.1 Å². The summed E-state index contributed by atoms with van der Waals surface area (Å²) in [7, 11) is 0. The Kier molecular flexibility index (Phi) is 5.75. The van der Waals surface area contributed by atoms with E-state index in [2.05, 4.69) is 15.1 Å².